The van der Waals surface area contributed by atoms with Crippen LogP contribution < -0.4 is 5.32 Å². The Morgan fingerprint density at radius 3 is 2.93 bits per heavy atom. The van der Waals surface area contributed by atoms with Gasteiger partial charge in [-0.25, -0.2) is 0 Å². The van der Waals surface area contributed by atoms with Gasteiger partial charge in [-0.05, 0) is 24.1 Å². The first-order chi connectivity index (χ1) is 6.42. The molecule has 2 nitrogen and oxygen atoms in total. The van der Waals surface area contributed by atoms with Crippen molar-refractivity contribution in [3.05, 3.63) is 35.4 Å². The molecule has 1 aliphatic rings. The van der Waals surface area contributed by atoms with Crippen LogP contribution in [0.15, 0.2) is 24.3 Å². The van der Waals surface area contributed by atoms with Crippen LogP contribution in [0.2, 0.25) is 0 Å². The van der Waals surface area contributed by atoms with Crippen molar-refractivity contribution < 1.29 is 4.74 Å². The Morgan fingerprint density at radius 1 is 1.36 bits per heavy atom. The second-order valence-corrected chi connectivity index (χ2v) is 3.38. The van der Waals surface area contributed by atoms with E-state index < -0.39 is 0 Å². The molecular weight excluding hydrogens is 198 g/mol. The molecule has 0 radical (unpaired) electrons. The van der Waals surface area contributed by atoms with Crippen molar-refractivity contribution >= 4 is 12.4 Å². The summed E-state index contributed by atoms with van der Waals surface area (Å²) < 4.78 is 5.44. The van der Waals surface area contributed by atoms with Gasteiger partial charge in [0.2, 0.25) is 0 Å². The van der Waals surface area contributed by atoms with Crippen LogP contribution in [0.25, 0.3) is 0 Å². The summed E-state index contributed by atoms with van der Waals surface area (Å²) in [7, 11) is 1.77. The van der Waals surface area contributed by atoms with Gasteiger partial charge in [-0.15, -0.1) is 12.4 Å². The Balaban J connectivity index is 0.000000980. The average Bonchev–Trinajstić information content (AvgIpc) is 2.39. The van der Waals surface area contributed by atoms with Crippen molar-refractivity contribution in [2.45, 2.75) is 12.5 Å². The molecule has 1 aromatic rings. The minimum atomic E-state index is 0. The molecular formula is C11H16ClNO. The average molecular weight is 214 g/mol. The van der Waals surface area contributed by atoms with E-state index in [2.05, 4.69) is 29.6 Å². The van der Waals surface area contributed by atoms with E-state index in [1.165, 1.54) is 11.1 Å². The first kappa shape index (κ1) is 11.5. The van der Waals surface area contributed by atoms with Crippen molar-refractivity contribution in [3.8, 4) is 0 Å². The number of hydrogen-bond donors (Lipinski definition) is 1. The number of halogens is 1. The van der Waals surface area contributed by atoms with Crippen LogP contribution in [-0.2, 0) is 11.2 Å². The fraction of sp³-hybridized carbons (Fsp3) is 0.455. The molecule has 1 aromatic carbocycles. The highest BCUT2D eigenvalue weighted by molar-refractivity contribution is 5.85. The monoisotopic (exact) mass is 213 g/mol. The quantitative estimate of drug-likeness (QED) is 0.770. The van der Waals surface area contributed by atoms with E-state index in [-0.39, 0.29) is 18.5 Å². The lowest BCUT2D eigenvalue weighted by atomic mass is 10.0. The Bertz CT molecular complexity index is 290. The molecule has 14 heavy (non-hydrogen) atoms. The summed E-state index contributed by atoms with van der Waals surface area (Å²) >= 11 is 0. The molecule has 1 heterocycles. The van der Waals surface area contributed by atoms with Crippen LogP contribution in [0.4, 0.5) is 0 Å². The van der Waals surface area contributed by atoms with Crippen LogP contribution in [0.5, 0.6) is 0 Å². The normalized spacial score (nSPS) is 20.5. The first-order valence-electron chi connectivity index (χ1n) is 4.73. The van der Waals surface area contributed by atoms with E-state index in [1.54, 1.807) is 7.11 Å². The molecule has 2 rings (SSSR count). The van der Waals surface area contributed by atoms with Crippen molar-refractivity contribution in [3.63, 3.8) is 0 Å². The van der Waals surface area contributed by atoms with Crippen molar-refractivity contribution in [1.82, 2.24) is 5.32 Å². The zero-order valence-electron chi connectivity index (χ0n) is 8.32. The SMILES string of the molecule is COC1CNCCc2ccccc21.Cl. The molecule has 1 N–H and O–H groups in total. The van der Waals surface area contributed by atoms with Crippen LogP contribution >= 0.6 is 12.4 Å². The number of ether oxygens (including phenoxy) is 1. The summed E-state index contributed by atoms with van der Waals surface area (Å²) in [5.74, 6) is 0. The van der Waals surface area contributed by atoms with Gasteiger partial charge in [0.25, 0.3) is 0 Å². The van der Waals surface area contributed by atoms with Crippen LogP contribution in [0.1, 0.15) is 17.2 Å². The van der Waals surface area contributed by atoms with E-state index in [9.17, 15) is 0 Å². The molecule has 0 bridgehead atoms. The number of fused-ring (bicyclic) bond motifs is 1. The van der Waals surface area contributed by atoms with Gasteiger partial charge in [0.05, 0.1) is 6.10 Å². The van der Waals surface area contributed by atoms with E-state index in [4.69, 9.17) is 4.74 Å². The third-order valence-electron chi connectivity index (χ3n) is 2.59. The Kier molecular flexibility index (Phi) is 4.39. The van der Waals surface area contributed by atoms with Crippen LogP contribution in [0.3, 0.4) is 0 Å². The molecule has 1 aliphatic heterocycles. The molecule has 0 amide bonds. The summed E-state index contributed by atoms with van der Waals surface area (Å²) in [6.45, 7) is 1.98. The zero-order valence-corrected chi connectivity index (χ0v) is 9.14. The number of benzene rings is 1. The minimum absolute atomic E-state index is 0. The molecule has 0 fully saturated rings. The molecule has 0 saturated heterocycles. The largest absolute Gasteiger partial charge is 0.375 e. The summed E-state index contributed by atoms with van der Waals surface area (Å²) in [5, 5.41) is 3.37. The molecule has 78 valence electrons. The topological polar surface area (TPSA) is 21.3 Å². The molecule has 0 saturated carbocycles. The molecule has 1 atom stereocenters. The van der Waals surface area contributed by atoms with E-state index in [1.807, 2.05) is 0 Å². The minimum Gasteiger partial charge on any atom is -0.375 e. The summed E-state index contributed by atoms with van der Waals surface area (Å²) in [6, 6.07) is 8.53. The summed E-state index contributed by atoms with van der Waals surface area (Å²) in [5.41, 5.74) is 2.76. The van der Waals surface area contributed by atoms with Crippen molar-refractivity contribution in [2.24, 2.45) is 0 Å². The predicted octanol–water partition coefficient (Wildman–Crippen LogP) is 1.94. The van der Waals surface area contributed by atoms with Gasteiger partial charge in [0, 0.05) is 13.7 Å². The highest BCUT2D eigenvalue weighted by atomic mass is 35.5. The molecule has 0 aromatic heterocycles. The predicted molar refractivity (Wildman–Crippen MR) is 60.0 cm³/mol. The van der Waals surface area contributed by atoms with Gasteiger partial charge < -0.3 is 10.1 Å². The third kappa shape index (κ3) is 2.27. The van der Waals surface area contributed by atoms with Gasteiger partial charge in [0.1, 0.15) is 0 Å². The second-order valence-electron chi connectivity index (χ2n) is 3.38. The Hall–Kier alpha value is -0.570. The first-order valence-corrected chi connectivity index (χ1v) is 4.73. The number of methoxy groups -OCH3 is 1. The maximum Gasteiger partial charge on any atom is 0.0948 e. The fourth-order valence-electron chi connectivity index (χ4n) is 1.85. The molecule has 0 aliphatic carbocycles. The van der Waals surface area contributed by atoms with Crippen molar-refractivity contribution in [2.75, 3.05) is 20.2 Å². The highest BCUT2D eigenvalue weighted by Gasteiger charge is 2.16. The number of nitrogens with one attached hydrogen (secondary N) is 1. The van der Waals surface area contributed by atoms with Gasteiger partial charge >= 0.3 is 0 Å². The maximum absolute atomic E-state index is 5.44. The maximum atomic E-state index is 5.44. The standard InChI is InChI=1S/C11H15NO.ClH/c1-13-11-8-12-7-6-9-4-2-3-5-10(9)11;/h2-5,11-12H,6-8H2,1H3;1H. The van der Waals surface area contributed by atoms with Gasteiger partial charge in [-0.2, -0.15) is 0 Å². The smallest absolute Gasteiger partial charge is 0.0948 e. The highest BCUT2D eigenvalue weighted by Crippen LogP contribution is 2.22. The Morgan fingerprint density at radius 2 is 2.14 bits per heavy atom. The molecule has 1 unspecified atom stereocenters. The summed E-state index contributed by atoms with van der Waals surface area (Å²) in [4.78, 5) is 0. The van der Waals surface area contributed by atoms with E-state index in [0.29, 0.717) is 0 Å². The van der Waals surface area contributed by atoms with Gasteiger partial charge in [0.15, 0.2) is 0 Å². The number of rotatable bonds is 1. The van der Waals surface area contributed by atoms with Crippen LogP contribution in [0, 0.1) is 0 Å². The fourth-order valence-corrected chi connectivity index (χ4v) is 1.85. The lowest BCUT2D eigenvalue weighted by molar-refractivity contribution is 0.104. The van der Waals surface area contributed by atoms with Crippen LogP contribution in [-0.4, -0.2) is 20.2 Å². The zero-order chi connectivity index (χ0) is 9.10. The molecule has 0 spiro atoms. The number of hydrogen-bond acceptors (Lipinski definition) is 2. The summed E-state index contributed by atoms with van der Waals surface area (Å²) in [6.07, 6.45) is 1.33. The second kappa shape index (κ2) is 5.35. The molecule has 3 heteroatoms. The Labute approximate surface area is 91.1 Å². The lowest BCUT2D eigenvalue weighted by Gasteiger charge is -2.15. The third-order valence-corrected chi connectivity index (χ3v) is 2.59. The van der Waals surface area contributed by atoms with E-state index in [0.717, 1.165) is 19.5 Å². The lowest BCUT2D eigenvalue weighted by Crippen LogP contribution is -2.21. The van der Waals surface area contributed by atoms with Gasteiger partial charge in [-0.1, -0.05) is 24.3 Å². The van der Waals surface area contributed by atoms with Crippen molar-refractivity contribution in [1.29, 1.82) is 0 Å². The van der Waals surface area contributed by atoms with Gasteiger partial charge in [-0.3, -0.25) is 0 Å². The van der Waals surface area contributed by atoms with E-state index >= 15 is 0 Å².